The molecule has 7 nitrogen and oxygen atoms in total. The predicted molar refractivity (Wildman–Crippen MR) is 161 cm³/mol. The van der Waals surface area contributed by atoms with Crippen LogP contribution >= 0.6 is 11.8 Å². The first-order valence-corrected chi connectivity index (χ1v) is 14.0. The Hall–Kier alpha value is -4.11. The number of hydrogen-bond acceptors (Lipinski definition) is 8. The summed E-state index contributed by atoms with van der Waals surface area (Å²) in [7, 11) is 1.64. The summed E-state index contributed by atoms with van der Waals surface area (Å²) in [5.41, 5.74) is 3.85. The van der Waals surface area contributed by atoms with Gasteiger partial charge in [-0.1, -0.05) is 72.4 Å². The highest BCUT2D eigenvalue weighted by Gasteiger charge is 2.16. The minimum absolute atomic E-state index is 0.00189. The van der Waals surface area contributed by atoms with Gasteiger partial charge in [-0.2, -0.15) is 4.98 Å². The highest BCUT2D eigenvalue weighted by Crippen LogP contribution is 2.34. The summed E-state index contributed by atoms with van der Waals surface area (Å²) in [5.74, 6) is 1.99. The molecule has 1 heterocycles. The average Bonchev–Trinajstić information content (AvgIpc) is 3.00. The van der Waals surface area contributed by atoms with Crippen molar-refractivity contribution in [2.45, 2.75) is 35.4 Å². The summed E-state index contributed by atoms with van der Waals surface area (Å²) < 4.78 is 5.31. The van der Waals surface area contributed by atoms with Crippen molar-refractivity contribution in [1.82, 2.24) is 9.97 Å². The summed E-state index contributed by atoms with van der Waals surface area (Å²) in [5, 5.41) is 27.4. The van der Waals surface area contributed by atoms with E-state index in [2.05, 4.69) is 22.8 Å². The van der Waals surface area contributed by atoms with Crippen LogP contribution in [0.2, 0.25) is 0 Å². The smallest absolute Gasteiger partial charge is 0.225 e. The lowest BCUT2D eigenvalue weighted by molar-refractivity contribution is 0.279. The van der Waals surface area contributed by atoms with Crippen LogP contribution in [0.15, 0.2) is 107 Å². The SMILES string of the molecule is COc1ccc(C(CCO)Nc2nc(NCc3ccccc3Sc3ccccc3CO)nc3ccccc23)cc1. The first kappa shape index (κ1) is 27.5. The van der Waals surface area contributed by atoms with Crippen molar-refractivity contribution >= 4 is 34.4 Å². The van der Waals surface area contributed by atoms with Gasteiger partial charge in [-0.3, -0.25) is 0 Å². The Labute approximate surface area is 238 Å². The van der Waals surface area contributed by atoms with Gasteiger partial charge in [0.2, 0.25) is 5.95 Å². The fourth-order valence-electron chi connectivity index (χ4n) is 4.49. The van der Waals surface area contributed by atoms with Gasteiger partial charge >= 0.3 is 0 Å². The summed E-state index contributed by atoms with van der Waals surface area (Å²) in [6, 6.07) is 31.7. The summed E-state index contributed by atoms with van der Waals surface area (Å²) in [4.78, 5) is 11.8. The van der Waals surface area contributed by atoms with Gasteiger partial charge in [0.05, 0.1) is 25.3 Å². The third kappa shape index (κ3) is 6.54. The van der Waals surface area contributed by atoms with Gasteiger partial charge in [-0.25, -0.2) is 4.98 Å². The van der Waals surface area contributed by atoms with Crippen LogP contribution in [0.3, 0.4) is 0 Å². The third-order valence-corrected chi connectivity index (χ3v) is 7.86. The Morgan fingerprint density at radius 1 is 0.800 bits per heavy atom. The highest BCUT2D eigenvalue weighted by atomic mass is 32.2. The van der Waals surface area contributed by atoms with Crippen LogP contribution in [0.4, 0.5) is 11.8 Å². The Bertz CT molecular complexity index is 1560. The second-order valence-electron chi connectivity index (χ2n) is 9.22. The van der Waals surface area contributed by atoms with Gasteiger partial charge in [0.25, 0.3) is 0 Å². The lowest BCUT2D eigenvalue weighted by atomic mass is 10.0. The van der Waals surface area contributed by atoms with Crippen LogP contribution in [-0.4, -0.2) is 33.9 Å². The molecule has 0 aliphatic rings. The number of rotatable bonds is 12. The maximum Gasteiger partial charge on any atom is 0.225 e. The van der Waals surface area contributed by atoms with E-state index >= 15 is 0 Å². The van der Waals surface area contributed by atoms with Crippen LogP contribution in [0, 0.1) is 0 Å². The zero-order valence-electron chi connectivity index (χ0n) is 22.2. The predicted octanol–water partition coefficient (Wildman–Crippen LogP) is 6.43. The molecule has 8 heteroatoms. The number of aromatic nitrogens is 2. The number of ether oxygens (including phenoxy) is 1. The molecule has 4 N–H and O–H groups in total. The normalized spacial score (nSPS) is 11.8. The molecule has 4 aromatic carbocycles. The van der Waals surface area contributed by atoms with E-state index in [0.717, 1.165) is 43.1 Å². The Morgan fingerprint density at radius 2 is 1.48 bits per heavy atom. The van der Waals surface area contributed by atoms with Gasteiger partial charge in [-0.05, 0) is 59.5 Å². The van der Waals surface area contributed by atoms with Crippen LogP contribution in [0.25, 0.3) is 10.9 Å². The molecule has 5 rings (SSSR count). The number of hydrogen-bond donors (Lipinski definition) is 4. The molecule has 0 radical (unpaired) electrons. The minimum Gasteiger partial charge on any atom is -0.497 e. The van der Waals surface area contributed by atoms with Crippen molar-refractivity contribution in [1.29, 1.82) is 0 Å². The van der Waals surface area contributed by atoms with E-state index in [1.54, 1.807) is 18.9 Å². The highest BCUT2D eigenvalue weighted by molar-refractivity contribution is 7.99. The molecular weight excluding hydrogens is 520 g/mol. The van der Waals surface area contributed by atoms with E-state index < -0.39 is 0 Å². The molecule has 0 amide bonds. The van der Waals surface area contributed by atoms with Crippen molar-refractivity contribution in [3.63, 3.8) is 0 Å². The molecule has 1 atom stereocenters. The largest absolute Gasteiger partial charge is 0.497 e. The van der Waals surface area contributed by atoms with Crippen molar-refractivity contribution in [2.24, 2.45) is 0 Å². The number of anilines is 2. The van der Waals surface area contributed by atoms with Gasteiger partial charge in [-0.15, -0.1) is 0 Å². The number of fused-ring (bicyclic) bond motifs is 1. The number of aliphatic hydroxyl groups excluding tert-OH is 2. The number of nitrogens with one attached hydrogen (secondary N) is 2. The monoisotopic (exact) mass is 552 g/mol. The maximum atomic E-state index is 9.79. The van der Waals surface area contributed by atoms with E-state index in [9.17, 15) is 10.2 Å². The molecule has 0 aliphatic heterocycles. The molecule has 0 fully saturated rings. The Balaban J connectivity index is 1.40. The molecule has 1 unspecified atom stereocenters. The number of methoxy groups -OCH3 is 1. The van der Waals surface area contributed by atoms with Crippen molar-refractivity contribution < 1.29 is 14.9 Å². The van der Waals surface area contributed by atoms with Crippen LogP contribution < -0.4 is 15.4 Å². The van der Waals surface area contributed by atoms with E-state index in [4.69, 9.17) is 14.7 Å². The van der Waals surface area contributed by atoms with Gasteiger partial charge in [0.1, 0.15) is 11.6 Å². The lowest BCUT2D eigenvalue weighted by Crippen LogP contribution is -2.15. The standard InChI is InChI=1S/C32H32N4O3S/c1-39-25-16-14-22(15-17-25)27(18-19-37)34-31-26-10-4-5-11-28(26)35-32(36-31)33-20-23-8-2-6-12-29(23)40-30-13-7-3-9-24(30)21-38/h2-17,27,37-38H,18-21H2,1H3,(H2,33,34,35,36). The molecule has 0 saturated carbocycles. The van der Waals surface area contributed by atoms with E-state index in [-0.39, 0.29) is 19.3 Å². The molecule has 1 aromatic heterocycles. The molecule has 5 aromatic rings. The fourth-order valence-corrected chi connectivity index (χ4v) is 5.56. The van der Waals surface area contributed by atoms with E-state index in [1.165, 1.54) is 0 Å². The van der Waals surface area contributed by atoms with Crippen LogP contribution in [0.1, 0.15) is 29.2 Å². The van der Waals surface area contributed by atoms with Crippen molar-refractivity contribution in [2.75, 3.05) is 24.4 Å². The molecule has 0 saturated heterocycles. The van der Waals surface area contributed by atoms with Gasteiger partial charge < -0.3 is 25.6 Å². The molecular formula is C32H32N4O3S. The molecule has 0 aliphatic carbocycles. The molecule has 40 heavy (non-hydrogen) atoms. The molecule has 0 bridgehead atoms. The second-order valence-corrected chi connectivity index (χ2v) is 10.3. The van der Waals surface area contributed by atoms with Crippen LogP contribution in [0.5, 0.6) is 5.75 Å². The van der Waals surface area contributed by atoms with Crippen LogP contribution in [-0.2, 0) is 13.2 Å². The number of benzene rings is 4. The van der Waals surface area contributed by atoms with Crippen molar-refractivity contribution in [3.05, 3.63) is 114 Å². The van der Waals surface area contributed by atoms with Gasteiger partial charge in [0.15, 0.2) is 0 Å². The maximum absolute atomic E-state index is 9.79. The van der Waals surface area contributed by atoms with E-state index in [0.29, 0.717) is 24.7 Å². The summed E-state index contributed by atoms with van der Waals surface area (Å²) >= 11 is 1.63. The zero-order chi connectivity index (χ0) is 27.7. The number of nitrogens with zero attached hydrogens (tertiary/aromatic N) is 2. The number of para-hydroxylation sites is 1. The lowest BCUT2D eigenvalue weighted by Gasteiger charge is -2.21. The molecule has 204 valence electrons. The average molecular weight is 553 g/mol. The Morgan fingerprint density at radius 3 is 2.20 bits per heavy atom. The zero-order valence-corrected chi connectivity index (χ0v) is 23.1. The Kier molecular flexibility index (Phi) is 9.13. The molecule has 0 spiro atoms. The summed E-state index contributed by atoms with van der Waals surface area (Å²) in [6.45, 7) is 0.560. The number of aliphatic hydroxyl groups is 2. The first-order valence-electron chi connectivity index (χ1n) is 13.1. The van der Waals surface area contributed by atoms with Gasteiger partial charge in [0, 0.05) is 28.3 Å². The quantitative estimate of drug-likeness (QED) is 0.141. The second kappa shape index (κ2) is 13.3. The third-order valence-electron chi connectivity index (χ3n) is 6.62. The minimum atomic E-state index is -0.147. The first-order chi connectivity index (χ1) is 19.7. The van der Waals surface area contributed by atoms with Crippen molar-refractivity contribution in [3.8, 4) is 5.75 Å². The van der Waals surface area contributed by atoms with E-state index in [1.807, 2.05) is 84.9 Å². The fraction of sp³-hybridized carbons (Fsp3) is 0.188. The topological polar surface area (TPSA) is 99.5 Å². The summed E-state index contributed by atoms with van der Waals surface area (Å²) in [6.07, 6.45) is 0.521.